The number of aromatic nitrogens is 4. The third-order valence-corrected chi connectivity index (χ3v) is 7.50. The summed E-state index contributed by atoms with van der Waals surface area (Å²) >= 11 is 0. The van der Waals surface area contributed by atoms with Gasteiger partial charge in [0.05, 0.1) is 18.6 Å². The Hall–Kier alpha value is -3.26. The van der Waals surface area contributed by atoms with Crippen LogP contribution in [-0.4, -0.2) is 45.3 Å². The van der Waals surface area contributed by atoms with Crippen LogP contribution in [0.3, 0.4) is 0 Å². The van der Waals surface area contributed by atoms with Crippen LogP contribution in [0.5, 0.6) is 0 Å². The average molecular weight is 430 g/mol. The average Bonchev–Trinajstić information content (AvgIpc) is 3.43. The number of rotatable bonds is 2. The highest BCUT2D eigenvalue weighted by Gasteiger charge is 2.45. The second-order valence-electron chi connectivity index (χ2n) is 9.19. The van der Waals surface area contributed by atoms with Gasteiger partial charge in [0.2, 0.25) is 0 Å². The summed E-state index contributed by atoms with van der Waals surface area (Å²) in [6, 6.07) is 10.6. The van der Waals surface area contributed by atoms with Gasteiger partial charge in [-0.3, -0.25) is 9.69 Å². The molecule has 1 spiro atoms. The first kappa shape index (κ1) is 19.4. The van der Waals surface area contributed by atoms with E-state index in [4.69, 9.17) is 5.73 Å². The first-order chi connectivity index (χ1) is 15.6. The van der Waals surface area contributed by atoms with Gasteiger partial charge in [-0.05, 0) is 42.2 Å². The predicted molar refractivity (Wildman–Crippen MR) is 122 cm³/mol. The fourth-order valence-corrected chi connectivity index (χ4v) is 5.65. The van der Waals surface area contributed by atoms with Gasteiger partial charge >= 0.3 is 0 Å². The molecule has 2 N–H and O–H groups in total. The number of anilines is 2. The number of hydrogen-bond donors (Lipinski definition) is 1. The molecule has 8 heteroatoms. The third-order valence-electron chi connectivity index (χ3n) is 7.50. The minimum atomic E-state index is -0.127. The van der Waals surface area contributed by atoms with E-state index in [1.165, 1.54) is 11.1 Å². The molecule has 3 aromatic rings. The Morgan fingerprint density at radius 1 is 1.03 bits per heavy atom. The molecule has 2 aliphatic heterocycles. The molecule has 4 heterocycles. The summed E-state index contributed by atoms with van der Waals surface area (Å²) in [5.41, 5.74) is 9.91. The highest BCUT2D eigenvalue weighted by atomic mass is 16.2. The normalized spacial score (nSPS) is 21.5. The summed E-state index contributed by atoms with van der Waals surface area (Å²) in [6.07, 6.45) is 9.07. The molecule has 0 saturated carbocycles. The topological polar surface area (TPSA) is 93.2 Å². The molecule has 164 valence electrons. The van der Waals surface area contributed by atoms with Crippen LogP contribution in [0.1, 0.15) is 46.9 Å². The Morgan fingerprint density at radius 3 is 2.66 bits per heavy atom. The van der Waals surface area contributed by atoms with Crippen molar-refractivity contribution in [1.82, 2.24) is 19.7 Å². The van der Waals surface area contributed by atoms with E-state index in [1.54, 1.807) is 23.5 Å². The van der Waals surface area contributed by atoms with Gasteiger partial charge in [-0.2, -0.15) is 5.10 Å². The number of carbonyl (C=O) groups excluding carboxylic acids is 1. The van der Waals surface area contributed by atoms with Crippen LogP contribution in [-0.2, 0) is 13.0 Å². The Morgan fingerprint density at radius 2 is 1.88 bits per heavy atom. The minimum Gasteiger partial charge on any atom is -0.355 e. The van der Waals surface area contributed by atoms with E-state index >= 15 is 0 Å². The van der Waals surface area contributed by atoms with E-state index in [0.29, 0.717) is 12.2 Å². The molecule has 1 saturated heterocycles. The minimum absolute atomic E-state index is 0.102. The molecule has 0 radical (unpaired) electrons. The molecule has 1 aliphatic carbocycles. The quantitative estimate of drug-likeness (QED) is 0.673. The van der Waals surface area contributed by atoms with E-state index < -0.39 is 0 Å². The van der Waals surface area contributed by atoms with E-state index in [-0.39, 0.29) is 17.4 Å². The number of benzene rings is 1. The lowest BCUT2D eigenvalue weighted by atomic mass is 9.73. The van der Waals surface area contributed by atoms with E-state index in [9.17, 15) is 4.79 Å². The molecular formula is C24H27N7O. The van der Waals surface area contributed by atoms with Gasteiger partial charge in [0.1, 0.15) is 17.3 Å². The molecule has 6 rings (SSSR count). The monoisotopic (exact) mass is 429 g/mol. The number of hydrogen-bond acceptors (Lipinski definition) is 6. The number of aryl methyl sites for hydroxylation is 1. The smallest absolute Gasteiger partial charge is 0.279 e. The van der Waals surface area contributed by atoms with Crippen molar-refractivity contribution in [2.75, 3.05) is 29.4 Å². The van der Waals surface area contributed by atoms with Crippen LogP contribution >= 0.6 is 0 Å². The maximum Gasteiger partial charge on any atom is 0.279 e. The number of piperidine rings is 1. The number of fused-ring (bicyclic) bond motifs is 2. The fraction of sp³-hybridized carbons (Fsp3) is 0.417. The molecule has 0 bridgehead atoms. The zero-order chi connectivity index (χ0) is 21.7. The van der Waals surface area contributed by atoms with Crippen LogP contribution in [0.25, 0.3) is 0 Å². The zero-order valence-electron chi connectivity index (χ0n) is 18.0. The highest BCUT2D eigenvalue weighted by molar-refractivity contribution is 6.04. The summed E-state index contributed by atoms with van der Waals surface area (Å²) in [4.78, 5) is 26.1. The first-order valence-electron chi connectivity index (χ1n) is 11.4. The van der Waals surface area contributed by atoms with Crippen molar-refractivity contribution in [2.24, 2.45) is 11.1 Å². The number of amides is 1. The fourth-order valence-electron chi connectivity index (χ4n) is 5.65. The van der Waals surface area contributed by atoms with E-state index in [2.05, 4.69) is 44.2 Å². The molecule has 3 aliphatic rings. The lowest BCUT2D eigenvalue weighted by Crippen LogP contribution is -2.44. The molecule has 1 fully saturated rings. The van der Waals surface area contributed by atoms with Crippen molar-refractivity contribution in [2.45, 2.75) is 38.3 Å². The van der Waals surface area contributed by atoms with Gasteiger partial charge in [-0.15, -0.1) is 0 Å². The lowest BCUT2D eigenvalue weighted by Gasteiger charge is -2.42. The SMILES string of the molecule is N[C@@H]1c2ccccc2CC12CCN(c1cnc(C(=O)N3CCCn4nccc43)cn1)CC2. The molecule has 1 aromatic carbocycles. The number of nitrogens with zero attached hydrogens (tertiary/aromatic N) is 6. The van der Waals surface area contributed by atoms with Crippen molar-refractivity contribution in [3.8, 4) is 0 Å². The van der Waals surface area contributed by atoms with Gasteiger partial charge < -0.3 is 10.6 Å². The van der Waals surface area contributed by atoms with Gasteiger partial charge in [0, 0.05) is 38.3 Å². The third kappa shape index (κ3) is 3.01. The maximum atomic E-state index is 13.0. The van der Waals surface area contributed by atoms with E-state index in [1.807, 2.05) is 10.7 Å². The van der Waals surface area contributed by atoms with Crippen LogP contribution in [0.2, 0.25) is 0 Å². The van der Waals surface area contributed by atoms with Crippen molar-refractivity contribution in [1.29, 1.82) is 0 Å². The van der Waals surface area contributed by atoms with E-state index in [0.717, 1.165) is 57.0 Å². The molecule has 1 atom stereocenters. The number of carbonyl (C=O) groups is 1. The zero-order valence-corrected chi connectivity index (χ0v) is 18.0. The summed E-state index contributed by atoms with van der Waals surface area (Å²) in [7, 11) is 0. The van der Waals surface area contributed by atoms with Crippen molar-refractivity contribution in [3.05, 3.63) is 65.7 Å². The highest BCUT2D eigenvalue weighted by Crippen LogP contribution is 2.50. The summed E-state index contributed by atoms with van der Waals surface area (Å²) in [5, 5.41) is 4.28. The molecule has 2 aromatic heterocycles. The lowest BCUT2D eigenvalue weighted by molar-refractivity contribution is 0.0976. The van der Waals surface area contributed by atoms with Crippen LogP contribution in [0.4, 0.5) is 11.6 Å². The summed E-state index contributed by atoms with van der Waals surface area (Å²) < 4.78 is 1.86. The molecule has 0 unspecified atom stereocenters. The van der Waals surface area contributed by atoms with Crippen molar-refractivity contribution >= 4 is 17.5 Å². The summed E-state index contributed by atoms with van der Waals surface area (Å²) in [6.45, 7) is 3.30. The van der Waals surface area contributed by atoms with Crippen LogP contribution in [0.15, 0.2) is 48.9 Å². The second-order valence-corrected chi connectivity index (χ2v) is 9.19. The first-order valence-corrected chi connectivity index (χ1v) is 11.4. The Kier molecular flexibility index (Phi) is 4.50. The molecule has 1 amide bonds. The molecular weight excluding hydrogens is 402 g/mol. The predicted octanol–water partition coefficient (Wildman–Crippen LogP) is 2.57. The standard InChI is InChI=1S/C24H27N7O/c25-22-18-5-2-1-4-17(18)14-24(22)7-12-29(13-8-24)20-16-26-19(15-27-20)23(32)30-10-3-11-31-21(30)6-9-28-31/h1-2,4-6,9,15-16,22H,3,7-8,10-14,25H2/t22-/m1/s1. The molecule has 8 nitrogen and oxygen atoms in total. The second kappa shape index (κ2) is 7.41. The van der Waals surface area contributed by atoms with Gasteiger partial charge in [-0.25, -0.2) is 14.6 Å². The Bertz CT molecular complexity index is 1150. The van der Waals surface area contributed by atoms with Crippen LogP contribution in [0, 0.1) is 5.41 Å². The van der Waals surface area contributed by atoms with Crippen LogP contribution < -0.4 is 15.5 Å². The van der Waals surface area contributed by atoms with Gasteiger partial charge in [-0.1, -0.05) is 24.3 Å². The molecule has 32 heavy (non-hydrogen) atoms. The van der Waals surface area contributed by atoms with Crippen molar-refractivity contribution in [3.63, 3.8) is 0 Å². The summed E-state index contributed by atoms with van der Waals surface area (Å²) in [5.74, 6) is 1.52. The Balaban J connectivity index is 1.14. The van der Waals surface area contributed by atoms with Gasteiger partial charge in [0.25, 0.3) is 5.91 Å². The van der Waals surface area contributed by atoms with Crippen molar-refractivity contribution < 1.29 is 4.79 Å². The maximum absolute atomic E-state index is 13.0. The largest absolute Gasteiger partial charge is 0.355 e. The Labute approximate surface area is 187 Å². The number of nitrogens with two attached hydrogens (primary N) is 1. The van der Waals surface area contributed by atoms with Gasteiger partial charge in [0.15, 0.2) is 0 Å².